The number of ketones is 1. The van der Waals surface area contributed by atoms with Gasteiger partial charge >= 0.3 is 5.97 Å². The molecular formula is C16H21NO6. The molecule has 0 amide bonds. The summed E-state index contributed by atoms with van der Waals surface area (Å²) < 4.78 is 15.4. The maximum absolute atomic E-state index is 12.6. The number of hydrogen-bond acceptors (Lipinski definition) is 7. The van der Waals surface area contributed by atoms with E-state index in [-0.39, 0.29) is 32.2 Å². The van der Waals surface area contributed by atoms with Crippen LogP contribution in [0.5, 0.6) is 11.5 Å². The third-order valence-electron chi connectivity index (χ3n) is 3.38. The van der Waals surface area contributed by atoms with Gasteiger partial charge in [-0.2, -0.15) is 0 Å². The van der Waals surface area contributed by atoms with Crippen LogP contribution < -0.4 is 14.8 Å². The second-order valence-electron chi connectivity index (χ2n) is 5.03. The van der Waals surface area contributed by atoms with Crippen LogP contribution in [-0.2, 0) is 9.53 Å². The normalized spacial score (nSPS) is 13.7. The number of hydrogen-bond donors (Lipinski definition) is 2. The van der Waals surface area contributed by atoms with Crippen molar-refractivity contribution in [1.29, 1.82) is 0 Å². The molecule has 0 aromatic heterocycles. The van der Waals surface area contributed by atoms with E-state index in [4.69, 9.17) is 19.3 Å². The molecule has 0 saturated heterocycles. The van der Waals surface area contributed by atoms with E-state index in [1.165, 1.54) is 0 Å². The molecule has 1 aliphatic rings. The standard InChI is InChI=1S/C16H21NO6/c1-2-21-15(19)9-12(17-6-3-7-18)16(20)11-4-5-13-14(8-11)23-10-22-13/h4-5,8,12,17-18H,2-3,6-7,9-10H2,1H3. The van der Waals surface area contributed by atoms with Gasteiger partial charge in [-0.3, -0.25) is 9.59 Å². The number of rotatable bonds is 9. The quantitative estimate of drug-likeness (QED) is 0.396. The second kappa shape index (κ2) is 8.50. The minimum atomic E-state index is -0.707. The van der Waals surface area contributed by atoms with Crippen LogP contribution >= 0.6 is 0 Å². The van der Waals surface area contributed by atoms with Crippen molar-refractivity contribution in [2.24, 2.45) is 0 Å². The Morgan fingerprint density at radius 1 is 1.35 bits per heavy atom. The number of Topliss-reactive ketones (excluding diaryl/α,β-unsaturated/α-hetero) is 1. The van der Waals surface area contributed by atoms with E-state index in [2.05, 4.69) is 5.32 Å². The molecule has 126 valence electrons. The highest BCUT2D eigenvalue weighted by Gasteiger charge is 2.25. The maximum Gasteiger partial charge on any atom is 0.307 e. The van der Waals surface area contributed by atoms with Crippen molar-refractivity contribution in [2.45, 2.75) is 25.8 Å². The van der Waals surface area contributed by atoms with Crippen LogP contribution in [0, 0.1) is 0 Å². The molecule has 1 aromatic carbocycles. The van der Waals surface area contributed by atoms with Gasteiger partial charge in [-0.15, -0.1) is 0 Å². The average molecular weight is 323 g/mol. The van der Waals surface area contributed by atoms with Gasteiger partial charge in [0.2, 0.25) is 6.79 Å². The maximum atomic E-state index is 12.6. The number of aliphatic hydroxyl groups excluding tert-OH is 1. The Bertz CT molecular complexity index is 560. The molecule has 23 heavy (non-hydrogen) atoms. The van der Waals surface area contributed by atoms with E-state index in [1.807, 2.05) is 0 Å². The Morgan fingerprint density at radius 3 is 2.87 bits per heavy atom. The zero-order valence-electron chi connectivity index (χ0n) is 13.0. The van der Waals surface area contributed by atoms with Crippen molar-refractivity contribution in [1.82, 2.24) is 5.32 Å². The summed E-state index contributed by atoms with van der Waals surface area (Å²) in [4.78, 5) is 24.4. The SMILES string of the molecule is CCOC(=O)CC(NCCCO)C(=O)c1ccc2c(c1)OCO2. The summed E-state index contributed by atoms with van der Waals surface area (Å²) in [5.74, 6) is 0.440. The van der Waals surface area contributed by atoms with Gasteiger partial charge in [-0.25, -0.2) is 0 Å². The minimum Gasteiger partial charge on any atom is -0.466 e. The molecule has 1 heterocycles. The molecule has 0 aliphatic carbocycles. The van der Waals surface area contributed by atoms with Crippen LogP contribution in [0.3, 0.4) is 0 Å². The van der Waals surface area contributed by atoms with E-state index in [1.54, 1.807) is 25.1 Å². The van der Waals surface area contributed by atoms with Crippen LogP contribution in [0.2, 0.25) is 0 Å². The lowest BCUT2D eigenvalue weighted by Crippen LogP contribution is -2.39. The molecule has 1 aromatic rings. The molecule has 0 radical (unpaired) electrons. The van der Waals surface area contributed by atoms with Crippen molar-refractivity contribution in [3.8, 4) is 11.5 Å². The Balaban J connectivity index is 2.09. The molecule has 2 N–H and O–H groups in total. The summed E-state index contributed by atoms with van der Waals surface area (Å²) in [7, 11) is 0. The van der Waals surface area contributed by atoms with Crippen molar-refractivity contribution >= 4 is 11.8 Å². The summed E-state index contributed by atoms with van der Waals surface area (Å²) in [6.45, 7) is 2.55. The van der Waals surface area contributed by atoms with Crippen LogP contribution in [0.4, 0.5) is 0 Å². The molecule has 0 spiro atoms. The zero-order chi connectivity index (χ0) is 16.7. The topological polar surface area (TPSA) is 94.1 Å². The van der Waals surface area contributed by atoms with Gasteiger partial charge in [0.15, 0.2) is 17.3 Å². The van der Waals surface area contributed by atoms with Crippen molar-refractivity contribution in [2.75, 3.05) is 26.6 Å². The van der Waals surface area contributed by atoms with Crippen LogP contribution in [0.25, 0.3) is 0 Å². The molecule has 2 rings (SSSR count). The Morgan fingerprint density at radius 2 is 2.13 bits per heavy atom. The first kappa shape index (κ1) is 17.2. The largest absolute Gasteiger partial charge is 0.466 e. The number of aliphatic hydroxyl groups is 1. The number of benzene rings is 1. The zero-order valence-corrected chi connectivity index (χ0v) is 13.0. The predicted octanol–water partition coefficient (Wildman–Crippen LogP) is 0.892. The number of fused-ring (bicyclic) bond motifs is 1. The lowest BCUT2D eigenvalue weighted by molar-refractivity contribution is -0.143. The first-order valence-corrected chi connectivity index (χ1v) is 7.59. The molecule has 1 aliphatic heterocycles. The van der Waals surface area contributed by atoms with Gasteiger partial charge in [0.1, 0.15) is 0 Å². The van der Waals surface area contributed by atoms with E-state index >= 15 is 0 Å². The Labute approximate surface area is 134 Å². The number of carbonyl (C=O) groups excluding carboxylic acids is 2. The van der Waals surface area contributed by atoms with Crippen molar-refractivity contribution < 1.29 is 28.9 Å². The van der Waals surface area contributed by atoms with Crippen LogP contribution in [0.15, 0.2) is 18.2 Å². The van der Waals surface area contributed by atoms with Crippen LogP contribution in [0.1, 0.15) is 30.1 Å². The number of esters is 1. The van der Waals surface area contributed by atoms with Crippen molar-refractivity contribution in [3.63, 3.8) is 0 Å². The summed E-state index contributed by atoms with van der Waals surface area (Å²) in [6, 6.07) is 4.21. The van der Waals surface area contributed by atoms with Gasteiger partial charge in [-0.1, -0.05) is 0 Å². The van der Waals surface area contributed by atoms with Gasteiger partial charge in [-0.05, 0) is 38.1 Å². The molecule has 0 fully saturated rings. The molecule has 0 saturated carbocycles. The van der Waals surface area contributed by atoms with E-state index < -0.39 is 12.0 Å². The van der Waals surface area contributed by atoms with Gasteiger partial charge in [0, 0.05) is 12.2 Å². The first-order chi connectivity index (χ1) is 11.2. The lowest BCUT2D eigenvalue weighted by Gasteiger charge is -2.17. The molecule has 1 atom stereocenters. The third-order valence-corrected chi connectivity index (χ3v) is 3.38. The highest BCUT2D eigenvalue weighted by Crippen LogP contribution is 2.32. The Kier molecular flexibility index (Phi) is 6.37. The van der Waals surface area contributed by atoms with Gasteiger partial charge < -0.3 is 24.6 Å². The summed E-state index contributed by atoms with van der Waals surface area (Å²) in [5.41, 5.74) is 0.431. The third kappa shape index (κ3) is 4.67. The molecule has 0 bridgehead atoms. The number of nitrogens with one attached hydrogen (secondary N) is 1. The summed E-state index contributed by atoms with van der Waals surface area (Å²) >= 11 is 0. The van der Waals surface area contributed by atoms with Gasteiger partial charge in [0.05, 0.1) is 19.1 Å². The van der Waals surface area contributed by atoms with Gasteiger partial charge in [0.25, 0.3) is 0 Å². The number of carbonyl (C=O) groups is 2. The molecule has 1 unspecified atom stereocenters. The predicted molar refractivity (Wildman–Crippen MR) is 81.6 cm³/mol. The van der Waals surface area contributed by atoms with E-state index in [9.17, 15) is 9.59 Å². The molecular weight excluding hydrogens is 302 g/mol. The van der Waals surface area contributed by atoms with Crippen LogP contribution in [-0.4, -0.2) is 49.5 Å². The fourth-order valence-corrected chi connectivity index (χ4v) is 2.25. The minimum absolute atomic E-state index is 0.0113. The fourth-order valence-electron chi connectivity index (χ4n) is 2.25. The fraction of sp³-hybridized carbons (Fsp3) is 0.500. The monoisotopic (exact) mass is 323 g/mol. The van der Waals surface area contributed by atoms with E-state index in [0.29, 0.717) is 30.0 Å². The number of ether oxygens (including phenoxy) is 3. The Hall–Kier alpha value is -2.12. The average Bonchev–Trinajstić information content (AvgIpc) is 3.01. The summed E-state index contributed by atoms with van der Waals surface area (Å²) in [5, 5.41) is 11.9. The lowest BCUT2D eigenvalue weighted by atomic mass is 10.0. The van der Waals surface area contributed by atoms with E-state index in [0.717, 1.165) is 0 Å². The first-order valence-electron chi connectivity index (χ1n) is 7.59. The molecule has 7 nitrogen and oxygen atoms in total. The highest BCUT2D eigenvalue weighted by molar-refractivity contribution is 6.02. The van der Waals surface area contributed by atoms with Crippen molar-refractivity contribution in [3.05, 3.63) is 23.8 Å². The second-order valence-corrected chi connectivity index (χ2v) is 5.03. The highest BCUT2D eigenvalue weighted by atomic mass is 16.7. The molecule has 7 heteroatoms. The summed E-state index contributed by atoms with van der Waals surface area (Å²) in [6.07, 6.45) is 0.431. The smallest absolute Gasteiger partial charge is 0.307 e.